The summed E-state index contributed by atoms with van der Waals surface area (Å²) in [7, 11) is 0. The van der Waals surface area contributed by atoms with Gasteiger partial charge in [-0.3, -0.25) is 9.80 Å². The summed E-state index contributed by atoms with van der Waals surface area (Å²) in [5, 5.41) is 7.37. The molecule has 0 N–H and O–H groups in total. The Labute approximate surface area is 263 Å². The number of para-hydroxylation sites is 2. The van der Waals surface area contributed by atoms with Gasteiger partial charge in [0.05, 0.1) is 11.4 Å². The molecule has 2 aromatic heterocycles. The van der Waals surface area contributed by atoms with Crippen LogP contribution in [-0.2, 0) is 0 Å². The van der Waals surface area contributed by atoms with E-state index in [0.29, 0.717) is 0 Å². The molecular formula is C41H32N4. The third-order valence-electron chi connectivity index (χ3n) is 8.70. The Morgan fingerprint density at radius 3 is 1.53 bits per heavy atom. The molecule has 0 amide bonds. The maximum atomic E-state index is 4.89. The fourth-order valence-electron chi connectivity index (χ4n) is 6.54. The number of benzene rings is 6. The molecule has 0 fully saturated rings. The molecule has 6 aromatic carbocycles. The van der Waals surface area contributed by atoms with Crippen molar-refractivity contribution in [2.45, 2.75) is 20.8 Å². The summed E-state index contributed by atoms with van der Waals surface area (Å²) in [6, 6.07) is 45.4. The Morgan fingerprint density at radius 1 is 0.444 bits per heavy atom. The van der Waals surface area contributed by atoms with Gasteiger partial charge < -0.3 is 0 Å². The Hall–Kier alpha value is -5.74. The summed E-state index contributed by atoms with van der Waals surface area (Å²) in [5.41, 5.74) is 7.86. The van der Waals surface area contributed by atoms with E-state index in [4.69, 9.17) is 9.97 Å². The molecule has 0 bridgehead atoms. The lowest BCUT2D eigenvalue weighted by atomic mass is 9.90. The number of nitrogens with zero attached hydrogens (tertiary/aromatic N) is 4. The third-order valence-corrected chi connectivity index (χ3v) is 8.70. The van der Waals surface area contributed by atoms with E-state index in [2.05, 4.69) is 158 Å². The molecule has 0 saturated carbocycles. The Bertz CT molecular complexity index is 2280. The van der Waals surface area contributed by atoms with Crippen molar-refractivity contribution >= 4 is 66.7 Å². The van der Waals surface area contributed by atoms with Gasteiger partial charge >= 0.3 is 0 Å². The topological polar surface area (TPSA) is 32.3 Å². The first-order chi connectivity index (χ1) is 22.1. The van der Waals surface area contributed by atoms with E-state index in [1.54, 1.807) is 0 Å². The van der Waals surface area contributed by atoms with Crippen molar-refractivity contribution in [3.63, 3.8) is 0 Å². The van der Waals surface area contributed by atoms with Crippen LogP contribution in [-0.4, -0.2) is 9.97 Å². The molecule has 0 aliphatic rings. The van der Waals surface area contributed by atoms with E-state index in [9.17, 15) is 0 Å². The van der Waals surface area contributed by atoms with Gasteiger partial charge in [-0.25, -0.2) is 9.97 Å². The molecular weight excluding hydrogens is 548 g/mol. The molecule has 0 unspecified atom stereocenters. The normalized spacial score (nSPS) is 11.4. The van der Waals surface area contributed by atoms with Gasteiger partial charge in [-0.2, -0.15) is 0 Å². The molecule has 45 heavy (non-hydrogen) atoms. The molecule has 8 aromatic rings. The first-order valence-corrected chi connectivity index (χ1v) is 15.3. The molecule has 0 spiro atoms. The number of hydrogen-bond donors (Lipinski definition) is 0. The van der Waals surface area contributed by atoms with Gasteiger partial charge in [0.2, 0.25) is 0 Å². The van der Waals surface area contributed by atoms with Crippen LogP contribution in [0.3, 0.4) is 0 Å². The number of aryl methyl sites for hydroxylation is 3. The molecule has 0 aliphatic heterocycles. The van der Waals surface area contributed by atoms with Crippen molar-refractivity contribution in [2.24, 2.45) is 0 Å². The molecule has 4 nitrogen and oxygen atoms in total. The molecule has 0 aliphatic carbocycles. The van der Waals surface area contributed by atoms with E-state index < -0.39 is 0 Å². The highest BCUT2D eigenvalue weighted by Crippen LogP contribution is 2.47. The van der Waals surface area contributed by atoms with Gasteiger partial charge in [0.25, 0.3) is 0 Å². The van der Waals surface area contributed by atoms with Crippen LogP contribution >= 0.6 is 0 Å². The molecule has 0 saturated heterocycles. The Morgan fingerprint density at radius 2 is 0.956 bits per heavy atom. The lowest BCUT2D eigenvalue weighted by Gasteiger charge is -2.29. The van der Waals surface area contributed by atoms with Crippen molar-refractivity contribution in [2.75, 3.05) is 9.80 Å². The van der Waals surface area contributed by atoms with Crippen molar-refractivity contribution in [3.05, 3.63) is 156 Å². The van der Waals surface area contributed by atoms with Crippen molar-refractivity contribution in [1.82, 2.24) is 9.97 Å². The second kappa shape index (κ2) is 10.8. The summed E-state index contributed by atoms with van der Waals surface area (Å²) >= 11 is 0. The molecule has 2 heterocycles. The van der Waals surface area contributed by atoms with Crippen LogP contribution in [0.15, 0.2) is 140 Å². The van der Waals surface area contributed by atoms with Gasteiger partial charge in [-0.1, -0.05) is 78.9 Å². The minimum Gasteiger partial charge on any atom is -0.294 e. The van der Waals surface area contributed by atoms with Crippen LogP contribution in [0, 0.1) is 20.8 Å². The van der Waals surface area contributed by atoms with Crippen LogP contribution in [0.5, 0.6) is 0 Å². The fourth-order valence-corrected chi connectivity index (χ4v) is 6.54. The van der Waals surface area contributed by atoms with Crippen LogP contribution < -0.4 is 9.80 Å². The quantitative estimate of drug-likeness (QED) is 0.183. The summed E-state index contributed by atoms with van der Waals surface area (Å²) < 4.78 is 0. The third kappa shape index (κ3) is 4.54. The molecule has 8 rings (SSSR count). The first kappa shape index (κ1) is 26.9. The number of pyridine rings is 2. The van der Waals surface area contributed by atoms with Crippen molar-refractivity contribution in [1.29, 1.82) is 0 Å². The lowest BCUT2D eigenvalue weighted by Crippen LogP contribution is -2.13. The average Bonchev–Trinajstić information content (AvgIpc) is 3.08. The van der Waals surface area contributed by atoms with Gasteiger partial charge in [0.15, 0.2) is 0 Å². The minimum atomic E-state index is 0.888. The molecule has 0 atom stereocenters. The highest BCUT2D eigenvalue weighted by molar-refractivity contribution is 6.28. The standard InChI is InChI=1S/C41H32N4/c1-27-14-22-38(42-25-27)44(31-10-6-4-7-11-31)36-21-17-30-16-18-35-37(24-29(3)33-19-20-34(36)40(30)41(33)35)45(32-12-8-5-9-13-32)39-23-15-28(2)26-43-39/h4-26H,1-3H3. The van der Waals surface area contributed by atoms with Gasteiger partial charge in [0, 0.05) is 34.5 Å². The van der Waals surface area contributed by atoms with E-state index in [0.717, 1.165) is 45.5 Å². The lowest BCUT2D eigenvalue weighted by molar-refractivity contribution is 1.17. The number of rotatable bonds is 6. The first-order valence-electron chi connectivity index (χ1n) is 15.3. The van der Waals surface area contributed by atoms with Gasteiger partial charge in [0.1, 0.15) is 11.6 Å². The zero-order chi connectivity index (χ0) is 30.5. The number of aromatic nitrogens is 2. The second-order valence-corrected chi connectivity index (χ2v) is 11.8. The minimum absolute atomic E-state index is 0.888. The van der Waals surface area contributed by atoms with Crippen LogP contribution in [0.2, 0.25) is 0 Å². The Balaban J connectivity index is 1.43. The number of anilines is 6. The molecule has 4 heteroatoms. The monoisotopic (exact) mass is 580 g/mol. The smallest absolute Gasteiger partial charge is 0.137 e. The van der Waals surface area contributed by atoms with E-state index >= 15 is 0 Å². The fraction of sp³-hybridized carbons (Fsp3) is 0.0732. The maximum absolute atomic E-state index is 4.89. The predicted octanol–water partition coefficient (Wildman–Crippen LogP) is 11.2. The summed E-state index contributed by atoms with van der Waals surface area (Å²) in [4.78, 5) is 14.3. The van der Waals surface area contributed by atoms with Gasteiger partial charge in [-0.15, -0.1) is 0 Å². The van der Waals surface area contributed by atoms with E-state index in [1.165, 1.54) is 37.9 Å². The van der Waals surface area contributed by atoms with Crippen LogP contribution in [0.1, 0.15) is 16.7 Å². The summed E-state index contributed by atoms with van der Waals surface area (Å²) in [5.74, 6) is 1.78. The second-order valence-electron chi connectivity index (χ2n) is 11.8. The molecule has 0 radical (unpaired) electrons. The maximum Gasteiger partial charge on any atom is 0.137 e. The van der Waals surface area contributed by atoms with E-state index in [1.807, 2.05) is 12.4 Å². The zero-order valence-electron chi connectivity index (χ0n) is 25.6. The SMILES string of the molecule is Cc1ccc(N(c2ccccc2)c2ccc3ccc4c(N(c5ccccc5)c5ccc(C)cn5)cc(C)c5ccc2c3c54)nc1. The summed E-state index contributed by atoms with van der Waals surface area (Å²) in [6.07, 6.45) is 3.88. The Kier molecular flexibility index (Phi) is 6.42. The predicted molar refractivity (Wildman–Crippen MR) is 189 cm³/mol. The van der Waals surface area contributed by atoms with Crippen molar-refractivity contribution < 1.29 is 0 Å². The zero-order valence-corrected chi connectivity index (χ0v) is 25.6. The van der Waals surface area contributed by atoms with E-state index in [-0.39, 0.29) is 0 Å². The van der Waals surface area contributed by atoms with Gasteiger partial charge in [-0.05, 0) is 108 Å². The number of hydrogen-bond acceptors (Lipinski definition) is 4. The average molecular weight is 581 g/mol. The van der Waals surface area contributed by atoms with Crippen LogP contribution in [0.25, 0.3) is 32.3 Å². The summed E-state index contributed by atoms with van der Waals surface area (Å²) in [6.45, 7) is 6.37. The highest BCUT2D eigenvalue weighted by Gasteiger charge is 2.23. The van der Waals surface area contributed by atoms with Crippen molar-refractivity contribution in [3.8, 4) is 0 Å². The van der Waals surface area contributed by atoms with Crippen LogP contribution in [0.4, 0.5) is 34.4 Å². The molecule has 216 valence electrons. The largest absolute Gasteiger partial charge is 0.294 e. The highest BCUT2D eigenvalue weighted by atomic mass is 15.2.